The van der Waals surface area contributed by atoms with E-state index in [1.54, 1.807) is 22.9 Å². The van der Waals surface area contributed by atoms with Crippen LogP contribution in [0.5, 0.6) is 0 Å². The van der Waals surface area contributed by atoms with Crippen molar-refractivity contribution >= 4 is 27.0 Å². The van der Waals surface area contributed by atoms with Crippen molar-refractivity contribution in [3.05, 3.63) is 18.2 Å². The topological polar surface area (TPSA) is 88.4 Å². The summed E-state index contributed by atoms with van der Waals surface area (Å²) in [6.07, 6.45) is 6.29. The minimum absolute atomic E-state index is 0.0389. The number of aromatic nitrogens is 3. The van der Waals surface area contributed by atoms with Gasteiger partial charge in [-0.25, -0.2) is 13.1 Å². The lowest BCUT2D eigenvalue weighted by atomic mass is 10.0. The molecule has 0 aliphatic carbocycles. The molecule has 0 spiro atoms. The molecule has 0 saturated carbocycles. The van der Waals surface area contributed by atoms with E-state index in [1.807, 2.05) is 4.90 Å². The summed E-state index contributed by atoms with van der Waals surface area (Å²) in [6.45, 7) is 4.64. The van der Waals surface area contributed by atoms with Gasteiger partial charge in [0.2, 0.25) is 15.9 Å². The molecule has 2 fully saturated rings. The normalized spacial score (nSPS) is 21.6. The standard InChI is InChI=1S/C20H29N5O3S/c1-2-11-24-18-10-9-16(15-17(18)21-22-24)29(27,28)25-14-7-4-8-19(25)20(26)23-12-5-3-6-13-23/h9-10,15,19H,2-8,11-14H2,1H3. The minimum Gasteiger partial charge on any atom is -0.341 e. The highest BCUT2D eigenvalue weighted by Gasteiger charge is 2.39. The molecule has 2 aliphatic heterocycles. The Morgan fingerprint density at radius 3 is 2.62 bits per heavy atom. The third kappa shape index (κ3) is 3.90. The van der Waals surface area contributed by atoms with Crippen molar-refractivity contribution in [3.8, 4) is 0 Å². The van der Waals surface area contributed by atoms with Crippen molar-refractivity contribution in [1.82, 2.24) is 24.2 Å². The van der Waals surface area contributed by atoms with Crippen LogP contribution in [0.4, 0.5) is 0 Å². The van der Waals surface area contributed by atoms with Gasteiger partial charge in [0.05, 0.1) is 10.4 Å². The van der Waals surface area contributed by atoms with Crippen molar-refractivity contribution in [2.24, 2.45) is 0 Å². The molecule has 9 heteroatoms. The zero-order valence-corrected chi connectivity index (χ0v) is 17.8. The summed E-state index contributed by atoms with van der Waals surface area (Å²) in [6, 6.07) is 4.37. The minimum atomic E-state index is -3.78. The van der Waals surface area contributed by atoms with Gasteiger partial charge in [0.15, 0.2) is 0 Å². The third-order valence-corrected chi connectivity index (χ3v) is 7.84. The Balaban J connectivity index is 1.63. The van der Waals surface area contributed by atoms with Gasteiger partial charge >= 0.3 is 0 Å². The molecule has 1 unspecified atom stereocenters. The van der Waals surface area contributed by atoms with E-state index in [9.17, 15) is 13.2 Å². The Morgan fingerprint density at radius 1 is 1.10 bits per heavy atom. The second kappa shape index (κ2) is 8.39. The quantitative estimate of drug-likeness (QED) is 0.742. The van der Waals surface area contributed by atoms with Crippen LogP contribution in [-0.4, -0.2) is 64.2 Å². The second-order valence-electron chi connectivity index (χ2n) is 7.98. The van der Waals surface area contributed by atoms with Crippen molar-refractivity contribution < 1.29 is 13.2 Å². The van der Waals surface area contributed by atoms with Gasteiger partial charge in [-0.3, -0.25) is 4.79 Å². The summed E-state index contributed by atoms with van der Waals surface area (Å²) < 4.78 is 30.1. The first-order valence-electron chi connectivity index (χ1n) is 10.7. The van der Waals surface area contributed by atoms with E-state index in [0.29, 0.717) is 18.5 Å². The number of benzene rings is 1. The molecule has 8 nitrogen and oxygen atoms in total. The fourth-order valence-corrected chi connectivity index (χ4v) is 6.06. The van der Waals surface area contributed by atoms with Crippen LogP contribution in [0.25, 0.3) is 11.0 Å². The van der Waals surface area contributed by atoms with Crippen molar-refractivity contribution in [1.29, 1.82) is 0 Å². The SMILES string of the molecule is CCCn1nnc2cc(S(=O)(=O)N3CCCCC3C(=O)N3CCCCC3)ccc21. The Kier molecular flexibility index (Phi) is 5.87. The molecule has 1 amide bonds. The van der Waals surface area contributed by atoms with Crippen molar-refractivity contribution in [2.75, 3.05) is 19.6 Å². The van der Waals surface area contributed by atoms with E-state index in [-0.39, 0.29) is 10.8 Å². The van der Waals surface area contributed by atoms with E-state index in [2.05, 4.69) is 17.2 Å². The van der Waals surface area contributed by atoms with Gasteiger partial charge in [-0.2, -0.15) is 4.31 Å². The summed E-state index contributed by atoms with van der Waals surface area (Å²) in [5.41, 5.74) is 1.39. The maximum atomic E-state index is 13.5. The molecular weight excluding hydrogens is 390 g/mol. The highest BCUT2D eigenvalue weighted by Crippen LogP contribution is 2.28. The number of carbonyl (C=O) groups excluding carboxylic acids is 1. The smallest absolute Gasteiger partial charge is 0.243 e. The number of sulfonamides is 1. The van der Waals surface area contributed by atoms with E-state index < -0.39 is 16.1 Å². The van der Waals surface area contributed by atoms with Crippen LogP contribution in [-0.2, 0) is 21.4 Å². The lowest BCUT2D eigenvalue weighted by molar-refractivity contribution is -0.137. The average Bonchev–Trinajstić information content (AvgIpc) is 3.16. The molecule has 4 rings (SSSR count). The molecule has 0 N–H and O–H groups in total. The summed E-state index contributed by atoms with van der Waals surface area (Å²) >= 11 is 0. The van der Waals surface area contributed by atoms with Gasteiger partial charge in [0.25, 0.3) is 0 Å². The number of nitrogens with zero attached hydrogens (tertiary/aromatic N) is 5. The zero-order valence-electron chi connectivity index (χ0n) is 17.0. The van der Waals surface area contributed by atoms with Crippen LogP contribution in [0.1, 0.15) is 51.9 Å². The Labute approximate surface area is 171 Å². The lowest BCUT2D eigenvalue weighted by Crippen LogP contribution is -2.53. The molecule has 0 bridgehead atoms. The first-order valence-corrected chi connectivity index (χ1v) is 12.1. The zero-order chi connectivity index (χ0) is 20.4. The second-order valence-corrected chi connectivity index (χ2v) is 9.87. The fourth-order valence-electron chi connectivity index (χ4n) is 4.39. The predicted molar refractivity (Wildman–Crippen MR) is 110 cm³/mol. The van der Waals surface area contributed by atoms with Crippen LogP contribution in [0.15, 0.2) is 23.1 Å². The number of rotatable bonds is 5. The fraction of sp³-hybridized carbons (Fsp3) is 0.650. The maximum absolute atomic E-state index is 13.5. The van der Waals surface area contributed by atoms with Crippen LogP contribution in [0.2, 0.25) is 0 Å². The number of likely N-dealkylation sites (tertiary alicyclic amines) is 1. The lowest BCUT2D eigenvalue weighted by Gasteiger charge is -2.38. The largest absolute Gasteiger partial charge is 0.341 e. The summed E-state index contributed by atoms with van der Waals surface area (Å²) in [5.74, 6) is -0.0389. The first kappa shape index (κ1) is 20.3. The Morgan fingerprint density at radius 2 is 1.86 bits per heavy atom. The van der Waals surface area contributed by atoms with Gasteiger partial charge in [-0.15, -0.1) is 5.10 Å². The molecule has 158 valence electrons. The summed E-state index contributed by atoms with van der Waals surface area (Å²) in [5, 5.41) is 8.26. The van der Waals surface area contributed by atoms with Crippen molar-refractivity contribution in [2.45, 2.75) is 69.4 Å². The number of amides is 1. The van der Waals surface area contributed by atoms with Gasteiger partial charge in [0.1, 0.15) is 11.6 Å². The van der Waals surface area contributed by atoms with Crippen LogP contribution >= 0.6 is 0 Å². The number of hydrogen-bond acceptors (Lipinski definition) is 5. The van der Waals surface area contributed by atoms with Gasteiger partial charge in [0, 0.05) is 26.2 Å². The first-order chi connectivity index (χ1) is 14.0. The predicted octanol–water partition coefficient (Wildman–Crippen LogP) is 2.40. The van der Waals surface area contributed by atoms with Gasteiger partial charge < -0.3 is 4.90 Å². The Bertz CT molecular complexity index is 981. The molecule has 1 atom stereocenters. The highest BCUT2D eigenvalue weighted by molar-refractivity contribution is 7.89. The molecule has 0 radical (unpaired) electrons. The number of aryl methyl sites for hydroxylation is 1. The average molecular weight is 420 g/mol. The van der Waals surface area contributed by atoms with Crippen molar-refractivity contribution in [3.63, 3.8) is 0 Å². The summed E-state index contributed by atoms with van der Waals surface area (Å²) in [4.78, 5) is 15.2. The molecule has 2 aromatic rings. The molecule has 2 aliphatic rings. The van der Waals surface area contributed by atoms with Crippen LogP contribution in [0.3, 0.4) is 0 Å². The number of hydrogen-bond donors (Lipinski definition) is 0. The number of piperidine rings is 2. The maximum Gasteiger partial charge on any atom is 0.243 e. The molecular formula is C20H29N5O3S. The van der Waals surface area contributed by atoms with E-state index in [0.717, 1.165) is 63.7 Å². The molecule has 1 aromatic carbocycles. The summed E-state index contributed by atoms with van der Waals surface area (Å²) in [7, 11) is -3.78. The van der Waals surface area contributed by atoms with E-state index >= 15 is 0 Å². The third-order valence-electron chi connectivity index (χ3n) is 5.93. The molecule has 2 saturated heterocycles. The molecule has 3 heterocycles. The monoisotopic (exact) mass is 419 g/mol. The van der Waals surface area contributed by atoms with E-state index in [4.69, 9.17) is 0 Å². The Hall–Kier alpha value is -2.00. The number of carbonyl (C=O) groups is 1. The van der Waals surface area contributed by atoms with Gasteiger partial charge in [-0.05, 0) is 56.7 Å². The van der Waals surface area contributed by atoms with Crippen LogP contribution < -0.4 is 0 Å². The molecule has 29 heavy (non-hydrogen) atoms. The van der Waals surface area contributed by atoms with Gasteiger partial charge in [-0.1, -0.05) is 18.6 Å². The van der Waals surface area contributed by atoms with Crippen LogP contribution in [0, 0.1) is 0 Å². The number of fused-ring (bicyclic) bond motifs is 1. The highest BCUT2D eigenvalue weighted by atomic mass is 32.2. The molecule has 1 aromatic heterocycles. The van der Waals surface area contributed by atoms with E-state index in [1.165, 1.54) is 4.31 Å².